The van der Waals surface area contributed by atoms with E-state index >= 15 is 0 Å². The van der Waals surface area contributed by atoms with Gasteiger partial charge in [-0.2, -0.15) is 4.31 Å². The maximum Gasteiger partial charge on any atom is 0.252 e. The van der Waals surface area contributed by atoms with Crippen molar-refractivity contribution in [2.75, 3.05) is 26.2 Å². The second-order valence-corrected chi connectivity index (χ2v) is 10.6. The lowest BCUT2D eigenvalue weighted by Crippen LogP contribution is -2.48. The van der Waals surface area contributed by atoms with Crippen molar-refractivity contribution in [1.82, 2.24) is 14.2 Å². The van der Waals surface area contributed by atoms with Crippen LogP contribution in [0.2, 0.25) is 0 Å². The van der Waals surface area contributed by atoms with Crippen LogP contribution in [0.25, 0.3) is 10.6 Å². The van der Waals surface area contributed by atoms with Gasteiger partial charge in [0.25, 0.3) is 10.0 Å². The molecular formula is C19H21N3O2S3. The molecule has 142 valence electrons. The van der Waals surface area contributed by atoms with Gasteiger partial charge in [-0.15, -0.1) is 22.7 Å². The Morgan fingerprint density at radius 1 is 1.04 bits per heavy atom. The molecule has 1 fully saturated rings. The number of thiophene rings is 1. The molecular weight excluding hydrogens is 398 g/mol. The standard InChI is InChI=1S/C19H21N3O2S3/c1-15-4-6-16(7-5-15)19-20-17(14-26-19)13-21-8-10-22(11-9-21)27(23,24)18-3-2-12-25-18/h2-7,12,14H,8-11,13H2,1H3. The number of hydrogen-bond acceptors (Lipinski definition) is 6. The van der Waals surface area contributed by atoms with Crippen molar-refractivity contribution in [2.45, 2.75) is 17.7 Å². The van der Waals surface area contributed by atoms with Crippen molar-refractivity contribution in [3.8, 4) is 10.6 Å². The summed E-state index contributed by atoms with van der Waals surface area (Å²) < 4.78 is 27.2. The fourth-order valence-electron chi connectivity index (χ4n) is 3.10. The number of benzene rings is 1. The molecule has 3 aromatic rings. The normalized spacial score (nSPS) is 16.6. The van der Waals surface area contributed by atoms with E-state index in [-0.39, 0.29) is 0 Å². The maximum atomic E-state index is 12.6. The van der Waals surface area contributed by atoms with Gasteiger partial charge in [0.15, 0.2) is 0 Å². The van der Waals surface area contributed by atoms with Gasteiger partial charge in [0.2, 0.25) is 0 Å². The quantitative estimate of drug-likeness (QED) is 0.633. The Bertz CT molecular complexity index is 987. The molecule has 1 aliphatic rings. The van der Waals surface area contributed by atoms with Gasteiger partial charge >= 0.3 is 0 Å². The van der Waals surface area contributed by atoms with Gasteiger partial charge in [-0.05, 0) is 18.4 Å². The number of sulfonamides is 1. The van der Waals surface area contributed by atoms with Crippen molar-refractivity contribution >= 4 is 32.7 Å². The van der Waals surface area contributed by atoms with Crippen molar-refractivity contribution in [3.05, 3.63) is 58.4 Å². The molecule has 1 saturated heterocycles. The highest BCUT2D eigenvalue weighted by atomic mass is 32.2. The highest BCUT2D eigenvalue weighted by molar-refractivity contribution is 7.91. The van der Waals surface area contributed by atoms with E-state index in [9.17, 15) is 8.42 Å². The smallest absolute Gasteiger partial charge is 0.252 e. The summed E-state index contributed by atoms with van der Waals surface area (Å²) in [5.74, 6) is 0. The van der Waals surface area contributed by atoms with Crippen LogP contribution >= 0.6 is 22.7 Å². The monoisotopic (exact) mass is 419 g/mol. The highest BCUT2D eigenvalue weighted by Crippen LogP contribution is 2.26. The molecule has 0 saturated carbocycles. The third-order valence-electron chi connectivity index (χ3n) is 4.66. The van der Waals surface area contributed by atoms with Gasteiger partial charge in [-0.25, -0.2) is 13.4 Å². The topological polar surface area (TPSA) is 53.5 Å². The average molecular weight is 420 g/mol. The number of piperazine rings is 1. The molecule has 0 amide bonds. The lowest BCUT2D eigenvalue weighted by molar-refractivity contribution is 0.180. The second-order valence-electron chi connectivity index (χ2n) is 6.62. The Kier molecular flexibility index (Phi) is 5.43. The first-order chi connectivity index (χ1) is 13.0. The van der Waals surface area contributed by atoms with E-state index < -0.39 is 10.0 Å². The number of nitrogens with zero attached hydrogens (tertiary/aromatic N) is 3. The van der Waals surface area contributed by atoms with E-state index in [0.29, 0.717) is 17.3 Å². The number of hydrogen-bond donors (Lipinski definition) is 0. The Morgan fingerprint density at radius 3 is 2.44 bits per heavy atom. The van der Waals surface area contributed by atoms with Gasteiger partial charge in [-0.1, -0.05) is 35.9 Å². The molecule has 27 heavy (non-hydrogen) atoms. The molecule has 0 unspecified atom stereocenters. The summed E-state index contributed by atoms with van der Waals surface area (Å²) in [6.45, 7) is 5.33. The second kappa shape index (κ2) is 7.81. The molecule has 4 rings (SSSR count). The van der Waals surface area contributed by atoms with Crippen LogP contribution in [0.1, 0.15) is 11.3 Å². The van der Waals surface area contributed by atoms with Gasteiger partial charge in [0, 0.05) is 43.7 Å². The van der Waals surface area contributed by atoms with Crippen molar-refractivity contribution in [2.24, 2.45) is 0 Å². The number of thiazole rings is 1. The third kappa shape index (κ3) is 4.14. The van der Waals surface area contributed by atoms with Crippen molar-refractivity contribution < 1.29 is 8.42 Å². The van der Waals surface area contributed by atoms with Gasteiger partial charge in [0.1, 0.15) is 9.22 Å². The predicted octanol–water partition coefficient (Wildman–Crippen LogP) is 3.69. The molecule has 0 spiro atoms. The third-order valence-corrected chi connectivity index (χ3v) is 8.87. The van der Waals surface area contributed by atoms with Crippen LogP contribution in [0.15, 0.2) is 51.4 Å². The first-order valence-electron chi connectivity index (χ1n) is 8.80. The Labute approximate surface area is 168 Å². The molecule has 0 bridgehead atoms. The number of rotatable bonds is 5. The Hall–Kier alpha value is -1.58. The SMILES string of the molecule is Cc1ccc(-c2nc(CN3CCN(S(=O)(=O)c4cccs4)CC3)cs2)cc1. The molecule has 5 nitrogen and oxygen atoms in total. The lowest BCUT2D eigenvalue weighted by atomic mass is 10.2. The zero-order valence-corrected chi connectivity index (χ0v) is 17.5. The first kappa shape index (κ1) is 18.8. The van der Waals surface area contributed by atoms with E-state index in [2.05, 4.69) is 41.5 Å². The van der Waals surface area contributed by atoms with E-state index in [0.717, 1.165) is 35.9 Å². The summed E-state index contributed by atoms with van der Waals surface area (Å²) in [6.07, 6.45) is 0. The minimum Gasteiger partial charge on any atom is -0.295 e. The molecule has 0 N–H and O–H groups in total. The summed E-state index contributed by atoms with van der Waals surface area (Å²) >= 11 is 2.93. The Morgan fingerprint density at radius 2 is 1.78 bits per heavy atom. The maximum absolute atomic E-state index is 12.6. The fourth-order valence-corrected chi connectivity index (χ4v) is 6.49. The summed E-state index contributed by atoms with van der Waals surface area (Å²) in [5, 5.41) is 4.94. The van der Waals surface area contributed by atoms with Crippen LogP contribution in [-0.2, 0) is 16.6 Å². The van der Waals surface area contributed by atoms with E-state index in [4.69, 9.17) is 4.98 Å². The zero-order valence-electron chi connectivity index (χ0n) is 15.0. The summed E-state index contributed by atoms with van der Waals surface area (Å²) in [6, 6.07) is 11.9. The molecule has 0 atom stereocenters. The average Bonchev–Trinajstić information content (AvgIpc) is 3.35. The molecule has 1 aromatic carbocycles. The highest BCUT2D eigenvalue weighted by Gasteiger charge is 2.29. The van der Waals surface area contributed by atoms with E-state index in [1.807, 2.05) is 0 Å². The molecule has 3 heterocycles. The molecule has 8 heteroatoms. The molecule has 0 aliphatic carbocycles. The summed E-state index contributed by atoms with van der Waals surface area (Å²) in [7, 11) is -3.34. The van der Waals surface area contributed by atoms with Crippen LogP contribution < -0.4 is 0 Å². The summed E-state index contributed by atoms with van der Waals surface area (Å²) in [5.41, 5.74) is 3.43. The van der Waals surface area contributed by atoms with Crippen LogP contribution in [0.3, 0.4) is 0 Å². The van der Waals surface area contributed by atoms with Gasteiger partial charge in [-0.3, -0.25) is 4.90 Å². The van der Waals surface area contributed by atoms with Crippen molar-refractivity contribution in [1.29, 1.82) is 0 Å². The minimum absolute atomic E-state index is 0.429. The van der Waals surface area contributed by atoms with Crippen LogP contribution in [-0.4, -0.2) is 48.8 Å². The van der Waals surface area contributed by atoms with E-state index in [1.165, 1.54) is 16.9 Å². The first-order valence-corrected chi connectivity index (χ1v) is 12.0. The fraction of sp³-hybridized carbons (Fsp3) is 0.316. The molecule has 0 radical (unpaired) electrons. The number of aromatic nitrogens is 1. The Balaban J connectivity index is 1.37. The minimum atomic E-state index is -3.34. The van der Waals surface area contributed by atoms with Gasteiger partial charge < -0.3 is 0 Å². The van der Waals surface area contributed by atoms with Crippen molar-refractivity contribution in [3.63, 3.8) is 0 Å². The lowest BCUT2D eigenvalue weighted by Gasteiger charge is -2.33. The molecule has 2 aromatic heterocycles. The predicted molar refractivity (Wildman–Crippen MR) is 111 cm³/mol. The summed E-state index contributed by atoms with van der Waals surface area (Å²) in [4.78, 5) is 7.03. The van der Waals surface area contributed by atoms with E-state index in [1.54, 1.807) is 33.2 Å². The van der Waals surface area contributed by atoms with Gasteiger partial charge in [0.05, 0.1) is 5.69 Å². The largest absolute Gasteiger partial charge is 0.295 e. The zero-order chi connectivity index (χ0) is 18.9. The van der Waals surface area contributed by atoms with Crippen LogP contribution in [0.4, 0.5) is 0 Å². The van der Waals surface area contributed by atoms with Crippen LogP contribution in [0, 0.1) is 6.92 Å². The van der Waals surface area contributed by atoms with Crippen LogP contribution in [0.5, 0.6) is 0 Å². The molecule has 1 aliphatic heterocycles. The number of aryl methyl sites for hydroxylation is 1.